The summed E-state index contributed by atoms with van der Waals surface area (Å²) in [5.74, 6) is -2.83. The highest BCUT2D eigenvalue weighted by atomic mass is 35.5. The van der Waals surface area contributed by atoms with Crippen molar-refractivity contribution >= 4 is 40.7 Å². The summed E-state index contributed by atoms with van der Waals surface area (Å²) in [5, 5.41) is 11.1. The van der Waals surface area contributed by atoms with Crippen LogP contribution < -0.4 is 9.80 Å². The number of rotatable bonds is 12. The number of aliphatic hydroxyl groups excluding tert-OH is 1. The van der Waals surface area contributed by atoms with Crippen molar-refractivity contribution < 1.29 is 24.2 Å². The highest BCUT2D eigenvalue weighted by Gasteiger charge is 2.79. The summed E-state index contributed by atoms with van der Waals surface area (Å²) in [4.78, 5) is 49.3. The van der Waals surface area contributed by atoms with Gasteiger partial charge in [0.05, 0.1) is 40.8 Å². The number of likely N-dealkylation sites (tertiary alicyclic amines) is 1. The Morgan fingerprint density at radius 1 is 1.09 bits per heavy atom. The second-order valence-electron chi connectivity index (χ2n) is 12.8. The molecule has 3 heterocycles. The van der Waals surface area contributed by atoms with Gasteiger partial charge in [-0.2, -0.15) is 0 Å². The van der Waals surface area contributed by atoms with Crippen molar-refractivity contribution in [2.75, 3.05) is 29.5 Å². The number of para-hydroxylation sites is 2. The van der Waals surface area contributed by atoms with E-state index in [0.717, 1.165) is 5.56 Å². The Kier molecular flexibility index (Phi) is 9.32. The molecule has 2 aromatic rings. The predicted octanol–water partition coefficient (Wildman–Crippen LogP) is 5.56. The van der Waals surface area contributed by atoms with Gasteiger partial charge >= 0.3 is 0 Å². The van der Waals surface area contributed by atoms with Crippen LogP contribution in [0.2, 0.25) is 5.02 Å². The van der Waals surface area contributed by atoms with Gasteiger partial charge in [-0.1, -0.05) is 74.4 Å². The number of hydrogen-bond acceptors (Lipinski definition) is 5. The van der Waals surface area contributed by atoms with E-state index in [-0.39, 0.29) is 43.3 Å². The second kappa shape index (κ2) is 12.7. The molecule has 3 fully saturated rings. The smallest absolute Gasteiger partial charge is 0.253 e. The monoisotopic (exact) mass is 633 g/mol. The maximum absolute atomic E-state index is 15.0. The second-order valence-corrected chi connectivity index (χ2v) is 13.2. The fraction of sp³-hybridized carbons (Fsp3) is 0.472. The Morgan fingerprint density at radius 2 is 1.76 bits per heavy atom. The lowest BCUT2D eigenvalue weighted by molar-refractivity contribution is -0.149. The number of aliphatic hydroxyl groups is 1. The van der Waals surface area contributed by atoms with E-state index in [0.29, 0.717) is 35.7 Å². The Labute approximate surface area is 271 Å². The minimum Gasteiger partial charge on any atom is -0.394 e. The SMILES string of the molecule is C=CCN(C(=O)[C@@H]1[C@H]2C(=O)N([C@@H](CO)[C@@H](C)CC)C(C(=O)N(CC=C)c3c(C)cccc3Cl)C23CC[C@@]1(C)O3)c1ccccc1. The summed E-state index contributed by atoms with van der Waals surface area (Å²) < 4.78 is 6.91. The first-order chi connectivity index (χ1) is 21.5. The molecule has 2 aromatic carbocycles. The summed E-state index contributed by atoms with van der Waals surface area (Å²) in [5.41, 5.74) is -0.215. The fourth-order valence-electron chi connectivity index (χ4n) is 7.95. The molecule has 5 rings (SSSR count). The van der Waals surface area contributed by atoms with Gasteiger partial charge in [0.2, 0.25) is 11.8 Å². The molecule has 3 aliphatic rings. The van der Waals surface area contributed by atoms with Gasteiger partial charge in [-0.25, -0.2) is 0 Å². The molecule has 45 heavy (non-hydrogen) atoms. The molecule has 240 valence electrons. The highest BCUT2D eigenvalue weighted by Crippen LogP contribution is 2.64. The zero-order chi connectivity index (χ0) is 32.7. The van der Waals surface area contributed by atoms with Crippen LogP contribution in [0.15, 0.2) is 73.8 Å². The largest absolute Gasteiger partial charge is 0.394 e. The van der Waals surface area contributed by atoms with E-state index < -0.39 is 35.1 Å². The maximum Gasteiger partial charge on any atom is 0.253 e. The molecular weight excluding hydrogens is 590 g/mol. The van der Waals surface area contributed by atoms with Crippen LogP contribution in [-0.2, 0) is 19.1 Å². The normalized spacial score (nSPS) is 28.0. The zero-order valence-corrected chi connectivity index (χ0v) is 27.4. The van der Waals surface area contributed by atoms with Crippen molar-refractivity contribution in [1.82, 2.24) is 4.90 Å². The Morgan fingerprint density at radius 3 is 2.36 bits per heavy atom. The molecule has 2 bridgehead atoms. The van der Waals surface area contributed by atoms with Crippen LogP contribution in [0.5, 0.6) is 0 Å². The molecule has 8 nitrogen and oxygen atoms in total. The van der Waals surface area contributed by atoms with Crippen LogP contribution in [0.25, 0.3) is 0 Å². The van der Waals surface area contributed by atoms with Gasteiger partial charge < -0.3 is 24.5 Å². The molecule has 1 spiro atoms. The van der Waals surface area contributed by atoms with Crippen LogP contribution in [0.3, 0.4) is 0 Å². The van der Waals surface area contributed by atoms with E-state index in [1.54, 1.807) is 32.9 Å². The van der Waals surface area contributed by atoms with E-state index in [9.17, 15) is 14.7 Å². The molecule has 0 aromatic heterocycles. The Bertz CT molecular complexity index is 1460. The third-order valence-corrected chi connectivity index (χ3v) is 10.5. The molecule has 2 unspecified atom stereocenters. The highest BCUT2D eigenvalue weighted by molar-refractivity contribution is 6.34. The van der Waals surface area contributed by atoms with Crippen molar-refractivity contribution in [2.24, 2.45) is 17.8 Å². The first-order valence-corrected chi connectivity index (χ1v) is 16.2. The summed E-state index contributed by atoms with van der Waals surface area (Å²) in [7, 11) is 0. The number of amides is 3. The molecule has 0 aliphatic carbocycles. The number of nitrogens with zero attached hydrogens (tertiary/aromatic N) is 3. The molecular formula is C36H44ClN3O5. The van der Waals surface area contributed by atoms with Gasteiger partial charge in [0.25, 0.3) is 5.91 Å². The number of carbonyl (C=O) groups is 3. The van der Waals surface area contributed by atoms with Crippen molar-refractivity contribution in [3.05, 3.63) is 84.4 Å². The van der Waals surface area contributed by atoms with Gasteiger partial charge in [-0.05, 0) is 56.4 Å². The van der Waals surface area contributed by atoms with E-state index in [2.05, 4.69) is 13.2 Å². The number of ether oxygens (including phenoxy) is 1. The van der Waals surface area contributed by atoms with Gasteiger partial charge in [-0.15, -0.1) is 13.2 Å². The average Bonchev–Trinajstić information content (AvgIpc) is 3.60. The number of anilines is 2. The number of aryl methyl sites for hydroxylation is 1. The van der Waals surface area contributed by atoms with Crippen molar-refractivity contribution in [2.45, 2.75) is 70.2 Å². The van der Waals surface area contributed by atoms with Gasteiger partial charge in [0.1, 0.15) is 11.6 Å². The standard InChI is InChI=1S/C36H44ClN3O5/c1-7-20-38(25-15-11-10-12-16-25)32(42)28-29-33(43)40(27(22-41)23(4)9-3)31(36(29)19-18-35(28,6)45-36)34(44)39(21-8-2)30-24(5)14-13-17-26(30)37/h7-8,10-17,23,27-29,31,41H,1-2,9,18-22H2,3-6H3/t23-,27-,28-,29-,31?,35+,36?/m0/s1. The quantitative estimate of drug-likeness (QED) is 0.309. The maximum atomic E-state index is 15.0. The fourth-order valence-corrected chi connectivity index (χ4v) is 8.28. The van der Waals surface area contributed by atoms with Crippen LogP contribution in [0, 0.1) is 24.7 Å². The van der Waals surface area contributed by atoms with E-state index >= 15 is 4.79 Å². The predicted molar refractivity (Wildman–Crippen MR) is 177 cm³/mol. The first-order valence-electron chi connectivity index (χ1n) is 15.8. The molecule has 0 saturated carbocycles. The van der Waals surface area contributed by atoms with Gasteiger partial charge in [0, 0.05) is 18.8 Å². The molecule has 9 heteroatoms. The van der Waals surface area contributed by atoms with Crippen LogP contribution in [-0.4, -0.2) is 70.7 Å². The van der Waals surface area contributed by atoms with Crippen molar-refractivity contribution in [3.8, 4) is 0 Å². The zero-order valence-electron chi connectivity index (χ0n) is 26.6. The van der Waals surface area contributed by atoms with E-state index in [1.165, 1.54) is 0 Å². The van der Waals surface area contributed by atoms with Crippen LogP contribution in [0.1, 0.15) is 45.6 Å². The molecule has 0 radical (unpaired) electrons. The van der Waals surface area contributed by atoms with E-state index in [1.807, 2.05) is 70.2 Å². The Hall–Kier alpha value is -3.46. The summed E-state index contributed by atoms with van der Waals surface area (Å²) in [6.07, 6.45) is 4.89. The third kappa shape index (κ3) is 5.21. The lowest BCUT2D eigenvalue weighted by Crippen LogP contribution is -2.60. The van der Waals surface area contributed by atoms with Crippen LogP contribution >= 0.6 is 11.6 Å². The minimum absolute atomic E-state index is 0.122. The minimum atomic E-state index is -1.27. The molecule has 1 N–H and O–H groups in total. The average molecular weight is 634 g/mol. The first kappa shape index (κ1) is 32.9. The van der Waals surface area contributed by atoms with Crippen molar-refractivity contribution in [1.29, 1.82) is 0 Å². The molecule has 3 aliphatic heterocycles. The van der Waals surface area contributed by atoms with Gasteiger partial charge in [0.15, 0.2) is 0 Å². The number of fused-ring (bicyclic) bond motifs is 1. The van der Waals surface area contributed by atoms with Crippen LogP contribution in [0.4, 0.5) is 11.4 Å². The van der Waals surface area contributed by atoms with E-state index in [4.69, 9.17) is 16.3 Å². The number of halogens is 1. The Balaban J connectivity index is 1.67. The van der Waals surface area contributed by atoms with Gasteiger partial charge in [-0.3, -0.25) is 14.4 Å². The van der Waals surface area contributed by atoms with Crippen molar-refractivity contribution in [3.63, 3.8) is 0 Å². The molecule has 7 atom stereocenters. The lowest BCUT2D eigenvalue weighted by atomic mass is 9.66. The molecule has 3 saturated heterocycles. The number of benzene rings is 2. The topological polar surface area (TPSA) is 90.4 Å². The third-order valence-electron chi connectivity index (χ3n) is 10.2. The summed E-state index contributed by atoms with van der Waals surface area (Å²) >= 11 is 6.70. The number of carbonyl (C=O) groups excluding carboxylic acids is 3. The number of hydrogen-bond donors (Lipinski definition) is 1. The lowest BCUT2D eigenvalue weighted by Gasteiger charge is -2.41. The molecule has 3 amide bonds. The summed E-state index contributed by atoms with van der Waals surface area (Å²) in [6.45, 7) is 15.6. The summed E-state index contributed by atoms with van der Waals surface area (Å²) in [6, 6.07) is 13.0.